The van der Waals surface area contributed by atoms with Crippen LogP contribution < -0.4 is 19.1 Å². The van der Waals surface area contributed by atoms with Crippen LogP contribution in [0.3, 0.4) is 0 Å². The van der Waals surface area contributed by atoms with E-state index in [0.29, 0.717) is 34.2 Å². The Morgan fingerprint density at radius 2 is 1.63 bits per heavy atom. The summed E-state index contributed by atoms with van der Waals surface area (Å²) in [5, 5.41) is 10.4. The lowest BCUT2D eigenvalue weighted by Crippen LogP contribution is -2.36. The molecule has 2 aromatic carbocycles. The largest absolute Gasteiger partial charge is 0.493 e. The molecule has 158 valence electrons. The van der Waals surface area contributed by atoms with Gasteiger partial charge in [-0.15, -0.1) is 0 Å². The highest BCUT2D eigenvalue weighted by molar-refractivity contribution is 5.89. The summed E-state index contributed by atoms with van der Waals surface area (Å²) in [6.07, 6.45) is 0.688. The third-order valence-corrected chi connectivity index (χ3v) is 4.90. The third kappa shape index (κ3) is 3.96. The highest BCUT2D eigenvalue weighted by Gasteiger charge is 2.21. The number of anilines is 1. The quantitative estimate of drug-likeness (QED) is 0.573. The number of hydrogen-bond acceptors (Lipinski definition) is 5. The van der Waals surface area contributed by atoms with Gasteiger partial charge in [0.1, 0.15) is 11.5 Å². The number of pyridine rings is 1. The van der Waals surface area contributed by atoms with Crippen molar-refractivity contribution >= 4 is 22.7 Å². The summed E-state index contributed by atoms with van der Waals surface area (Å²) < 4.78 is 17.0. The minimum absolute atomic E-state index is 0.182. The maximum absolute atomic E-state index is 11.7. The fourth-order valence-corrected chi connectivity index (χ4v) is 3.40. The topological polar surface area (TPSA) is 81.1 Å². The molecule has 1 aromatic heterocycles. The molecule has 0 aliphatic carbocycles. The van der Waals surface area contributed by atoms with Crippen LogP contribution in [0.4, 0.5) is 10.5 Å². The summed E-state index contributed by atoms with van der Waals surface area (Å²) in [6, 6.07) is 8.93. The van der Waals surface area contributed by atoms with Crippen LogP contribution in [0, 0.1) is 13.8 Å². The number of amides is 1. The Hall–Kier alpha value is -3.48. The molecule has 3 rings (SSSR count). The van der Waals surface area contributed by atoms with E-state index in [-0.39, 0.29) is 6.04 Å². The van der Waals surface area contributed by atoms with Gasteiger partial charge in [-0.05, 0) is 63.1 Å². The molecule has 0 unspecified atom stereocenters. The molecule has 0 atom stereocenters. The van der Waals surface area contributed by atoms with Crippen molar-refractivity contribution in [2.45, 2.75) is 33.7 Å². The molecule has 0 saturated heterocycles. The molecule has 0 spiro atoms. The molecule has 0 aliphatic rings. The van der Waals surface area contributed by atoms with Crippen LogP contribution in [-0.4, -0.2) is 36.4 Å². The lowest BCUT2D eigenvalue weighted by atomic mass is 10.1. The number of nitrogens with zero attached hydrogens (tertiary/aromatic N) is 2. The molecule has 0 bridgehead atoms. The van der Waals surface area contributed by atoms with Crippen LogP contribution >= 0.6 is 0 Å². The Labute approximate surface area is 175 Å². The van der Waals surface area contributed by atoms with Gasteiger partial charge in [0, 0.05) is 23.7 Å². The molecular weight excluding hydrogens is 384 g/mol. The van der Waals surface area contributed by atoms with Crippen molar-refractivity contribution in [2.24, 2.45) is 0 Å². The smallest absolute Gasteiger partial charge is 0.412 e. The van der Waals surface area contributed by atoms with Gasteiger partial charge in [-0.3, -0.25) is 9.88 Å². The minimum atomic E-state index is -0.984. The van der Waals surface area contributed by atoms with E-state index < -0.39 is 6.09 Å². The summed E-state index contributed by atoms with van der Waals surface area (Å²) in [7, 11) is 3.16. The van der Waals surface area contributed by atoms with Crippen molar-refractivity contribution in [3.05, 3.63) is 47.7 Å². The zero-order valence-corrected chi connectivity index (χ0v) is 18.0. The summed E-state index contributed by atoms with van der Waals surface area (Å²) in [5.41, 5.74) is 3.00. The molecule has 7 nitrogen and oxygen atoms in total. The number of ether oxygens (including phenoxy) is 3. The van der Waals surface area contributed by atoms with Crippen LogP contribution in [0.5, 0.6) is 23.0 Å². The normalized spacial score (nSPS) is 10.9. The second kappa shape index (κ2) is 8.49. The second-order valence-electron chi connectivity index (χ2n) is 7.29. The molecule has 30 heavy (non-hydrogen) atoms. The average Bonchev–Trinajstić information content (AvgIpc) is 2.70. The van der Waals surface area contributed by atoms with E-state index in [2.05, 4.69) is 4.98 Å². The number of carbonyl (C=O) groups is 1. The number of fused-ring (bicyclic) bond motifs is 1. The average molecular weight is 410 g/mol. The zero-order chi connectivity index (χ0) is 22.0. The van der Waals surface area contributed by atoms with Gasteiger partial charge in [0.25, 0.3) is 0 Å². The second-order valence-corrected chi connectivity index (χ2v) is 7.29. The first-order chi connectivity index (χ1) is 14.3. The lowest BCUT2D eigenvalue weighted by molar-refractivity contribution is 0.200. The summed E-state index contributed by atoms with van der Waals surface area (Å²) >= 11 is 0. The molecule has 0 saturated carbocycles. The van der Waals surface area contributed by atoms with Crippen molar-refractivity contribution in [1.82, 2.24) is 4.98 Å². The Kier molecular flexibility index (Phi) is 6.01. The number of aromatic nitrogens is 1. The van der Waals surface area contributed by atoms with Crippen molar-refractivity contribution in [3.8, 4) is 23.0 Å². The van der Waals surface area contributed by atoms with E-state index in [1.165, 1.54) is 4.90 Å². The Balaban J connectivity index is 2.06. The summed E-state index contributed by atoms with van der Waals surface area (Å²) in [6.45, 7) is 7.46. The first kappa shape index (κ1) is 21.2. The van der Waals surface area contributed by atoms with Gasteiger partial charge in [-0.1, -0.05) is 0 Å². The molecule has 7 heteroatoms. The minimum Gasteiger partial charge on any atom is -0.493 e. The highest BCUT2D eigenvalue weighted by Crippen LogP contribution is 2.38. The Bertz CT molecular complexity index is 1090. The maximum atomic E-state index is 11.7. The fraction of sp³-hybridized carbons (Fsp3) is 0.304. The van der Waals surface area contributed by atoms with Gasteiger partial charge < -0.3 is 19.3 Å². The van der Waals surface area contributed by atoms with Crippen molar-refractivity contribution < 1.29 is 24.1 Å². The summed E-state index contributed by atoms with van der Waals surface area (Å²) in [4.78, 5) is 17.5. The molecule has 1 N–H and O–H groups in total. The first-order valence-corrected chi connectivity index (χ1v) is 9.58. The van der Waals surface area contributed by atoms with Crippen LogP contribution in [0.1, 0.15) is 25.0 Å². The summed E-state index contributed by atoms with van der Waals surface area (Å²) in [5.74, 6) is 2.44. The highest BCUT2D eigenvalue weighted by atomic mass is 16.5. The number of carboxylic acid groups (broad SMARTS) is 1. The number of benzene rings is 2. The molecule has 1 heterocycles. The van der Waals surface area contributed by atoms with Crippen LogP contribution in [0.2, 0.25) is 0 Å². The van der Waals surface area contributed by atoms with E-state index in [9.17, 15) is 9.90 Å². The van der Waals surface area contributed by atoms with Crippen molar-refractivity contribution in [2.75, 3.05) is 19.1 Å². The molecule has 3 aromatic rings. The number of rotatable bonds is 6. The predicted molar refractivity (Wildman–Crippen MR) is 116 cm³/mol. The van der Waals surface area contributed by atoms with Gasteiger partial charge in [0.05, 0.1) is 25.4 Å². The van der Waals surface area contributed by atoms with E-state index in [1.54, 1.807) is 32.5 Å². The van der Waals surface area contributed by atoms with E-state index in [1.807, 2.05) is 45.9 Å². The molecule has 0 aliphatic heterocycles. The van der Waals surface area contributed by atoms with Crippen LogP contribution in [-0.2, 0) is 0 Å². The molecule has 0 radical (unpaired) electrons. The monoisotopic (exact) mass is 410 g/mol. The first-order valence-electron chi connectivity index (χ1n) is 9.58. The number of methoxy groups -OCH3 is 2. The van der Waals surface area contributed by atoms with Gasteiger partial charge in [-0.25, -0.2) is 4.79 Å². The van der Waals surface area contributed by atoms with E-state index in [0.717, 1.165) is 16.5 Å². The van der Waals surface area contributed by atoms with Crippen LogP contribution in [0.15, 0.2) is 36.5 Å². The van der Waals surface area contributed by atoms with Gasteiger partial charge in [0.15, 0.2) is 11.5 Å². The van der Waals surface area contributed by atoms with Crippen molar-refractivity contribution in [3.63, 3.8) is 0 Å². The van der Waals surface area contributed by atoms with Gasteiger partial charge >= 0.3 is 6.09 Å². The Morgan fingerprint density at radius 1 is 0.967 bits per heavy atom. The third-order valence-electron chi connectivity index (χ3n) is 4.90. The standard InChI is InChI=1S/C23H26N2O5/c1-13(2)25(23(26)27)18-9-15(4)20(10-14(18)3)30-19-7-8-24-17-12-22(29-6)21(28-5)11-16(17)19/h7-13H,1-6H3,(H,26,27). The Morgan fingerprint density at radius 3 is 2.23 bits per heavy atom. The fourth-order valence-electron chi connectivity index (χ4n) is 3.40. The van der Waals surface area contributed by atoms with Crippen molar-refractivity contribution in [1.29, 1.82) is 0 Å². The zero-order valence-electron chi connectivity index (χ0n) is 18.0. The maximum Gasteiger partial charge on any atom is 0.412 e. The van der Waals surface area contributed by atoms with Gasteiger partial charge in [-0.2, -0.15) is 0 Å². The number of aryl methyl sites for hydroxylation is 2. The van der Waals surface area contributed by atoms with Gasteiger partial charge in [0.2, 0.25) is 0 Å². The number of hydrogen-bond donors (Lipinski definition) is 1. The van der Waals surface area contributed by atoms with E-state index in [4.69, 9.17) is 14.2 Å². The SMILES string of the molecule is COc1cc2nccc(Oc3cc(C)c(N(C(=O)O)C(C)C)cc3C)c2cc1OC. The van der Waals surface area contributed by atoms with Crippen LogP contribution in [0.25, 0.3) is 10.9 Å². The lowest BCUT2D eigenvalue weighted by Gasteiger charge is -2.26. The van der Waals surface area contributed by atoms with E-state index >= 15 is 0 Å². The predicted octanol–water partition coefficient (Wildman–Crippen LogP) is 5.55. The molecular formula is C23H26N2O5. The molecule has 0 fully saturated rings. The molecule has 1 amide bonds.